The van der Waals surface area contributed by atoms with E-state index in [2.05, 4.69) is 17.5 Å². The number of aryl methyl sites for hydroxylation is 1. The van der Waals surface area contributed by atoms with E-state index in [-0.39, 0.29) is 5.91 Å². The summed E-state index contributed by atoms with van der Waals surface area (Å²) in [4.78, 5) is 13.2. The third kappa shape index (κ3) is 2.21. The van der Waals surface area contributed by atoms with Gasteiger partial charge in [-0.25, -0.2) is 5.43 Å². The summed E-state index contributed by atoms with van der Waals surface area (Å²) in [7, 11) is 0. The molecule has 0 radical (unpaired) electrons. The molecule has 1 aromatic heterocycles. The molecular weight excluding hydrogens is 244 g/mol. The Balaban J connectivity index is 1.63. The Morgan fingerprint density at radius 1 is 1.56 bits per heavy atom. The van der Waals surface area contributed by atoms with Gasteiger partial charge in [0.25, 0.3) is 5.91 Å². The molecule has 2 saturated carbocycles. The van der Waals surface area contributed by atoms with E-state index in [4.69, 9.17) is 0 Å². The minimum absolute atomic E-state index is 0.0683. The summed E-state index contributed by atoms with van der Waals surface area (Å²) in [5.41, 5.74) is 4.67. The van der Waals surface area contributed by atoms with E-state index in [9.17, 15) is 4.79 Å². The summed E-state index contributed by atoms with van der Waals surface area (Å²) in [6.07, 6.45) is 5.97. The number of carbonyl (C=O) groups excluding carboxylic acids is 1. The number of nitrogens with one attached hydrogen (secondary N) is 1. The van der Waals surface area contributed by atoms with Gasteiger partial charge < -0.3 is 0 Å². The number of rotatable bonds is 3. The second-order valence-electron chi connectivity index (χ2n) is 5.28. The van der Waals surface area contributed by atoms with Crippen molar-refractivity contribution >= 4 is 23.0 Å². The van der Waals surface area contributed by atoms with E-state index in [1.165, 1.54) is 29.9 Å². The van der Waals surface area contributed by atoms with Crippen LogP contribution >= 0.6 is 11.3 Å². The number of carbonyl (C=O) groups is 1. The third-order valence-corrected chi connectivity index (χ3v) is 5.16. The number of hydrogen-bond acceptors (Lipinski definition) is 3. The fraction of sp³-hybridized carbons (Fsp3) is 0.571. The topological polar surface area (TPSA) is 41.5 Å². The quantitative estimate of drug-likeness (QED) is 0.835. The molecule has 3 rings (SSSR count). The van der Waals surface area contributed by atoms with E-state index in [1.54, 1.807) is 11.3 Å². The maximum Gasteiger partial charge on any atom is 0.272 e. The SMILES string of the molecule is CCc1cc(C(=O)N/N=C2/C[C@@H]3CC[C@H]2C3)cs1. The summed E-state index contributed by atoms with van der Waals surface area (Å²) in [5.74, 6) is 1.41. The highest BCUT2D eigenvalue weighted by Gasteiger charge is 2.36. The Labute approximate surface area is 111 Å². The zero-order valence-corrected chi connectivity index (χ0v) is 11.4. The van der Waals surface area contributed by atoms with Crippen LogP contribution in [0.4, 0.5) is 0 Å². The van der Waals surface area contributed by atoms with E-state index < -0.39 is 0 Å². The van der Waals surface area contributed by atoms with E-state index >= 15 is 0 Å². The summed E-state index contributed by atoms with van der Waals surface area (Å²) in [5, 5.41) is 6.25. The second-order valence-corrected chi connectivity index (χ2v) is 6.28. The minimum atomic E-state index is -0.0683. The summed E-state index contributed by atoms with van der Waals surface area (Å²) in [6.45, 7) is 2.10. The van der Waals surface area contributed by atoms with Crippen LogP contribution < -0.4 is 5.43 Å². The maximum absolute atomic E-state index is 11.9. The average molecular weight is 262 g/mol. The molecule has 3 nitrogen and oxygen atoms in total. The molecule has 0 saturated heterocycles. The molecule has 1 aromatic rings. The Hall–Kier alpha value is -1.16. The second kappa shape index (κ2) is 4.84. The third-order valence-electron chi connectivity index (χ3n) is 4.08. The average Bonchev–Trinajstić information content (AvgIpc) is 3.10. The molecule has 2 fully saturated rings. The minimum Gasteiger partial charge on any atom is -0.267 e. The molecule has 2 atom stereocenters. The Kier molecular flexibility index (Phi) is 3.20. The number of amides is 1. The maximum atomic E-state index is 11.9. The van der Waals surface area contributed by atoms with Crippen LogP contribution in [-0.2, 0) is 6.42 Å². The lowest BCUT2D eigenvalue weighted by Gasteiger charge is -2.11. The van der Waals surface area contributed by atoms with Gasteiger partial charge in [-0.3, -0.25) is 4.79 Å². The van der Waals surface area contributed by atoms with Crippen LogP contribution in [0.3, 0.4) is 0 Å². The largest absolute Gasteiger partial charge is 0.272 e. The highest BCUT2D eigenvalue weighted by atomic mass is 32.1. The smallest absolute Gasteiger partial charge is 0.267 e. The Bertz CT molecular complexity index is 492. The molecule has 96 valence electrons. The first-order valence-corrected chi connectivity index (χ1v) is 7.58. The van der Waals surface area contributed by atoms with Crippen LogP contribution in [0, 0.1) is 11.8 Å². The van der Waals surface area contributed by atoms with Gasteiger partial charge in [-0.1, -0.05) is 6.92 Å². The van der Waals surface area contributed by atoms with Crippen molar-refractivity contribution in [3.63, 3.8) is 0 Å². The first kappa shape index (κ1) is 11.9. The van der Waals surface area contributed by atoms with Crippen LogP contribution in [0.2, 0.25) is 0 Å². The summed E-state index contributed by atoms with van der Waals surface area (Å²) < 4.78 is 0. The lowest BCUT2D eigenvalue weighted by Crippen LogP contribution is -2.21. The highest BCUT2D eigenvalue weighted by Crippen LogP contribution is 2.42. The van der Waals surface area contributed by atoms with Crippen LogP contribution in [-0.4, -0.2) is 11.6 Å². The van der Waals surface area contributed by atoms with Crippen molar-refractivity contribution < 1.29 is 4.79 Å². The van der Waals surface area contributed by atoms with Gasteiger partial charge in [-0.2, -0.15) is 5.10 Å². The molecular formula is C14H18N2OS. The Morgan fingerprint density at radius 3 is 3.06 bits per heavy atom. The summed E-state index contributed by atoms with van der Waals surface area (Å²) >= 11 is 1.64. The van der Waals surface area contributed by atoms with Crippen LogP contribution in [0.1, 0.15) is 47.8 Å². The molecule has 18 heavy (non-hydrogen) atoms. The van der Waals surface area contributed by atoms with Crippen LogP contribution in [0.15, 0.2) is 16.5 Å². The van der Waals surface area contributed by atoms with Crippen molar-refractivity contribution in [3.8, 4) is 0 Å². The molecule has 1 heterocycles. The van der Waals surface area contributed by atoms with Crippen molar-refractivity contribution in [1.29, 1.82) is 0 Å². The number of fused-ring (bicyclic) bond motifs is 2. The van der Waals surface area contributed by atoms with Gasteiger partial charge in [0, 0.05) is 16.0 Å². The number of hydrogen-bond donors (Lipinski definition) is 1. The van der Waals surface area contributed by atoms with Gasteiger partial charge in [-0.15, -0.1) is 11.3 Å². The molecule has 2 aliphatic rings. The highest BCUT2D eigenvalue weighted by molar-refractivity contribution is 7.10. The zero-order valence-electron chi connectivity index (χ0n) is 10.6. The Morgan fingerprint density at radius 2 is 2.44 bits per heavy atom. The normalized spacial score (nSPS) is 27.9. The molecule has 1 amide bonds. The van der Waals surface area contributed by atoms with Crippen LogP contribution in [0.5, 0.6) is 0 Å². The van der Waals surface area contributed by atoms with Gasteiger partial charge in [0.1, 0.15) is 0 Å². The van der Waals surface area contributed by atoms with Crippen molar-refractivity contribution in [2.75, 3.05) is 0 Å². The van der Waals surface area contributed by atoms with Gasteiger partial charge in [-0.05, 0) is 50.0 Å². The van der Waals surface area contributed by atoms with Gasteiger partial charge in [0.15, 0.2) is 0 Å². The molecule has 2 aliphatic carbocycles. The predicted molar refractivity (Wildman–Crippen MR) is 74.0 cm³/mol. The van der Waals surface area contributed by atoms with Gasteiger partial charge in [0.2, 0.25) is 0 Å². The van der Waals surface area contributed by atoms with E-state index in [0.29, 0.717) is 5.92 Å². The lowest BCUT2D eigenvalue weighted by atomic mass is 9.99. The van der Waals surface area contributed by atoms with Crippen molar-refractivity contribution in [2.24, 2.45) is 16.9 Å². The molecule has 0 aromatic carbocycles. The fourth-order valence-electron chi connectivity index (χ4n) is 3.03. The van der Waals surface area contributed by atoms with E-state index in [1.807, 2.05) is 11.4 Å². The van der Waals surface area contributed by atoms with Crippen molar-refractivity contribution in [1.82, 2.24) is 5.43 Å². The van der Waals surface area contributed by atoms with Gasteiger partial charge in [0.05, 0.1) is 5.56 Å². The molecule has 0 unspecified atom stereocenters. The zero-order chi connectivity index (χ0) is 12.5. The monoisotopic (exact) mass is 262 g/mol. The summed E-state index contributed by atoms with van der Waals surface area (Å²) in [6, 6.07) is 1.96. The molecule has 2 bridgehead atoms. The number of hydrazone groups is 1. The van der Waals surface area contributed by atoms with Crippen LogP contribution in [0.25, 0.3) is 0 Å². The van der Waals surface area contributed by atoms with Gasteiger partial charge >= 0.3 is 0 Å². The molecule has 1 N–H and O–H groups in total. The fourth-order valence-corrected chi connectivity index (χ4v) is 3.85. The molecule has 4 heteroatoms. The number of thiophene rings is 1. The van der Waals surface area contributed by atoms with Crippen molar-refractivity contribution in [3.05, 3.63) is 21.9 Å². The van der Waals surface area contributed by atoms with Crippen molar-refractivity contribution in [2.45, 2.75) is 39.0 Å². The molecule has 0 aliphatic heterocycles. The standard InChI is InChI=1S/C14H18N2OS/c1-2-12-7-11(8-18-12)14(17)16-15-13-6-9-3-4-10(13)5-9/h7-10H,2-6H2,1H3,(H,16,17)/b15-13-/t9-,10+/m1/s1. The predicted octanol–water partition coefficient (Wildman–Crippen LogP) is 3.22. The molecule has 0 spiro atoms. The first-order chi connectivity index (χ1) is 8.76. The first-order valence-electron chi connectivity index (χ1n) is 6.70. The lowest BCUT2D eigenvalue weighted by molar-refractivity contribution is 0.0955. The van der Waals surface area contributed by atoms with E-state index in [0.717, 1.165) is 24.3 Å². The number of nitrogens with zero attached hydrogens (tertiary/aromatic N) is 1.